The number of nitrogens with zero attached hydrogens (tertiary/aromatic N) is 3. The highest BCUT2D eigenvalue weighted by Gasteiger charge is 2.33. The van der Waals surface area contributed by atoms with Gasteiger partial charge in [0.05, 0.1) is 29.7 Å². The van der Waals surface area contributed by atoms with Crippen LogP contribution in [-0.2, 0) is 22.9 Å². The summed E-state index contributed by atoms with van der Waals surface area (Å²) in [4.78, 5) is 2.18. The minimum Gasteiger partial charge on any atom is -0.497 e. The highest BCUT2D eigenvalue weighted by Crippen LogP contribution is 2.26. The van der Waals surface area contributed by atoms with E-state index in [0.717, 1.165) is 22.4 Å². The lowest BCUT2D eigenvalue weighted by Gasteiger charge is -2.28. The van der Waals surface area contributed by atoms with Gasteiger partial charge in [-0.05, 0) is 36.2 Å². The van der Waals surface area contributed by atoms with Gasteiger partial charge in [0.25, 0.3) is 0 Å². The number of methoxy groups -OCH3 is 1. The number of pyridine rings is 1. The standard InChI is InChI=1S/C22H23N3O3S/c1-28-20-7-5-17(6-8-20)13-25(19-9-11-29(26,27)16-19)15-18-14-24-10-3-2-4-22(24)21(18)12-23/h2-8,10,14,19H,9,11,13,15-16H2,1H3. The molecule has 1 aromatic carbocycles. The number of rotatable bonds is 6. The molecule has 6 nitrogen and oxygen atoms in total. The van der Waals surface area contributed by atoms with Crippen molar-refractivity contribution in [3.8, 4) is 11.8 Å². The molecule has 0 aliphatic carbocycles. The number of ether oxygens (including phenoxy) is 1. The maximum absolute atomic E-state index is 12.1. The van der Waals surface area contributed by atoms with Crippen LogP contribution in [0.5, 0.6) is 5.75 Å². The topological polar surface area (TPSA) is 74.8 Å². The molecule has 3 aromatic rings. The van der Waals surface area contributed by atoms with Gasteiger partial charge in [-0.15, -0.1) is 0 Å². The van der Waals surface area contributed by atoms with Crippen molar-refractivity contribution < 1.29 is 13.2 Å². The SMILES string of the molecule is COc1ccc(CN(Cc2cn3ccccc3c2C#N)C2CCS(=O)(=O)C2)cc1. The van der Waals surface area contributed by atoms with Crippen molar-refractivity contribution in [3.05, 3.63) is 71.5 Å². The first-order valence-corrected chi connectivity index (χ1v) is 11.4. The van der Waals surface area contributed by atoms with Crippen LogP contribution >= 0.6 is 0 Å². The Labute approximate surface area is 170 Å². The minimum absolute atomic E-state index is 0.0587. The van der Waals surface area contributed by atoms with Crippen LogP contribution < -0.4 is 4.74 Å². The zero-order valence-electron chi connectivity index (χ0n) is 16.3. The Morgan fingerprint density at radius 1 is 1.21 bits per heavy atom. The molecule has 0 saturated carbocycles. The van der Waals surface area contributed by atoms with Gasteiger partial charge in [-0.25, -0.2) is 8.42 Å². The maximum Gasteiger partial charge on any atom is 0.151 e. The zero-order valence-corrected chi connectivity index (χ0v) is 17.1. The molecule has 1 saturated heterocycles. The average Bonchev–Trinajstić information content (AvgIpc) is 3.26. The van der Waals surface area contributed by atoms with E-state index in [0.29, 0.717) is 25.1 Å². The molecule has 0 amide bonds. The smallest absolute Gasteiger partial charge is 0.151 e. The van der Waals surface area contributed by atoms with Crippen molar-refractivity contribution in [2.24, 2.45) is 0 Å². The van der Waals surface area contributed by atoms with Gasteiger partial charge in [-0.2, -0.15) is 5.26 Å². The minimum atomic E-state index is -3.01. The van der Waals surface area contributed by atoms with Crippen molar-refractivity contribution in [2.75, 3.05) is 18.6 Å². The highest BCUT2D eigenvalue weighted by molar-refractivity contribution is 7.91. The fraction of sp³-hybridized carbons (Fsp3) is 0.318. The van der Waals surface area contributed by atoms with E-state index in [1.165, 1.54) is 0 Å². The summed E-state index contributed by atoms with van der Waals surface area (Å²) in [7, 11) is -1.38. The van der Waals surface area contributed by atoms with E-state index in [4.69, 9.17) is 4.74 Å². The number of hydrogen-bond donors (Lipinski definition) is 0. The van der Waals surface area contributed by atoms with Crippen LogP contribution in [0.3, 0.4) is 0 Å². The Morgan fingerprint density at radius 2 is 2.00 bits per heavy atom. The first-order valence-electron chi connectivity index (χ1n) is 9.55. The van der Waals surface area contributed by atoms with Gasteiger partial charge in [-0.1, -0.05) is 18.2 Å². The second-order valence-electron chi connectivity index (χ2n) is 7.44. The fourth-order valence-electron chi connectivity index (χ4n) is 3.99. The van der Waals surface area contributed by atoms with Crippen molar-refractivity contribution in [3.63, 3.8) is 0 Å². The van der Waals surface area contributed by atoms with E-state index in [2.05, 4.69) is 11.0 Å². The lowest BCUT2D eigenvalue weighted by atomic mass is 10.1. The molecule has 3 heterocycles. The van der Waals surface area contributed by atoms with E-state index in [1.807, 2.05) is 59.3 Å². The van der Waals surface area contributed by atoms with Crippen molar-refractivity contribution >= 4 is 15.4 Å². The summed E-state index contributed by atoms with van der Waals surface area (Å²) in [6.45, 7) is 1.14. The number of benzene rings is 1. The zero-order chi connectivity index (χ0) is 20.4. The van der Waals surface area contributed by atoms with E-state index in [9.17, 15) is 13.7 Å². The monoisotopic (exact) mass is 409 g/mol. The summed E-state index contributed by atoms with van der Waals surface area (Å²) in [5.41, 5.74) is 3.51. The molecular formula is C22H23N3O3S. The number of sulfone groups is 1. The molecule has 0 N–H and O–H groups in total. The van der Waals surface area contributed by atoms with Gasteiger partial charge in [0, 0.05) is 37.1 Å². The molecule has 1 unspecified atom stereocenters. The van der Waals surface area contributed by atoms with Gasteiger partial charge >= 0.3 is 0 Å². The summed E-state index contributed by atoms with van der Waals surface area (Å²) >= 11 is 0. The number of aromatic nitrogens is 1. The predicted molar refractivity (Wildman–Crippen MR) is 111 cm³/mol. The number of nitriles is 1. The number of hydrogen-bond acceptors (Lipinski definition) is 5. The molecule has 2 aromatic heterocycles. The van der Waals surface area contributed by atoms with Crippen molar-refractivity contribution in [1.82, 2.24) is 9.30 Å². The fourth-order valence-corrected chi connectivity index (χ4v) is 5.75. The Morgan fingerprint density at radius 3 is 2.66 bits per heavy atom. The highest BCUT2D eigenvalue weighted by atomic mass is 32.2. The normalized spacial score (nSPS) is 18.2. The van der Waals surface area contributed by atoms with Crippen molar-refractivity contribution in [2.45, 2.75) is 25.6 Å². The van der Waals surface area contributed by atoms with Crippen LogP contribution in [0.25, 0.3) is 5.52 Å². The summed E-state index contributed by atoms with van der Waals surface area (Å²) in [5.74, 6) is 1.17. The lowest BCUT2D eigenvalue weighted by molar-refractivity contribution is 0.194. The largest absolute Gasteiger partial charge is 0.497 e. The van der Waals surface area contributed by atoms with Crippen LogP contribution in [-0.4, -0.2) is 42.4 Å². The van der Waals surface area contributed by atoms with Crippen LogP contribution in [0.15, 0.2) is 54.9 Å². The van der Waals surface area contributed by atoms with Gasteiger partial charge in [-0.3, -0.25) is 4.90 Å². The second kappa shape index (κ2) is 7.90. The second-order valence-corrected chi connectivity index (χ2v) is 9.67. The van der Waals surface area contributed by atoms with E-state index >= 15 is 0 Å². The van der Waals surface area contributed by atoms with Gasteiger partial charge < -0.3 is 9.14 Å². The average molecular weight is 410 g/mol. The Balaban J connectivity index is 1.66. The van der Waals surface area contributed by atoms with Crippen molar-refractivity contribution in [1.29, 1.82) is 5.26 Å². The van der Waals surface area contributed by atoms with Crippen LogP contribution in [0.1, 0.15) is 23.1 Å². The van der Waals surface area contributed by atoms with Gasteiger partial charge in [0.1, 0.15) is 11.8 Å². The third kappa shape index (κ3) is 4.14. The molecule has 0 spiro atoms. The third-order valence-corrected chi connectivity index (χ3v) is 7.27. The van der Waals surface area contributed by atoms with E-state index in [1.54, 1.807) is 7.11 Å². The van der Waals surface area contributed by atoms with Crippen LogP contribution in [0.4, 0.5) is 0 Å². The molecule has 7 heteroatoms. The molecule has 1 aliphatic rings. The Bertz CT molecular complexity index is 1160. The predicted octanol–water partition coefficient (Wildman–Crippen LogP) is 3.01. The van der Waals surface area contributed by atoms with Gasteiger partial charge in [0.15, 0.2) is 9.84 Å². The molecule has 4 rings (SSSR count). The first-order chi connectivity index (χ1) is 14.0. The number of fused-ring (bicyclic) bond motifs is 1. The molecule has 150 valence electrons. The molecule has 0 radical (unpaired) electrons. The van der Waals surface area contributed by atoms with E-state index in [-0.39, 0.29) is 17.5 Å². The van der Waals surface area contributed by atoms with Crippen LogP contribution in [0.2, 0.25) is 0 Å². The quantitative estimate of drug-likeness (QED) is 0.626. The maximum atomic E-state index is 12.1. The molecule has 1 fully saturated rings. The molecule has 1 atom stereocenters. The summed E-state index contributed by atoms with van der Waals surface area (Å²) in [6, 6.07) is 15.8. The van der Waals surface area contributed by atoms with Gasteiger partial charge in [0.2, 0.25) is 0 Å². The first kappa shape index (κ1) is 19.5. The summed E-state index contributed by atoms with van der Waals surface area (Å²) in [6.07, 6.45) is 4.51. The Kier molecular flexibility index (Phi) is 5.31. The Hall–Kier alpha value is -2.82. The van der Waals surface area contributed by atoms with E-state index < -0.39 is 9.84 Å². The molecule has 0 bridgehead atoms. The van der Waals surface area contributed by atoms with Crippen LogP contribution in [0, 0.1) is 11.3 Å². The molecule has 29 heavy (non-hydrogen) atoms. The summed E-state index contributed by atoms with van der Waals surface area (Å²) < 4.78 is 31.4. The third-order valence-electron chi connectivity index (χ3n) is 5.52. The molecule has 1 aliphatic heterocycles. The molecular weight excluding hydrogens is 386 g/mol. The lowest BCUT2D eigenvalue weighted by Crippen LogP contribution is -2.35. The summed E-state index contributed by atoms with van der Waals surface area (Å²) in [5, 5.41) is 9.72.